The zero-order valence-electron chi connectivity index (χ0n) is 13.5. The predicted molar refractivity (Wildman–Crippen MR) is 95.5 cm³/mol. The number of hydrogen-bond acceptors (Lipinski definition) is 4. The Hall–Kier alpha value is -3.65. The van der Waals surface area contributed by atoms with E-state index in [0.29, 0.717) is 28.2 Å². The van der Waals surface area contributed by atoms with Crippen molar-refractivity contribution in [2.45, 2.75) is 6.92 Å². The first kappa shape index (κ1) is 16.2. The van der Waals surface area contributed by atoms with E-state index < -0.39 is 4.92 Å². The molecule has 3 aromatic rings. The van der Waals surface area contributed by atoms with Crippen LogP contribution in [0.5, 0.6) is 0 Å². The van der Waals surface area contributed by atoms with Gasteiger partial charge in [-0.3, -0.25) is 10.1 Å². The van der Waals surface area contributed by atoms with Crippen molar-refractivity contribution < 1.29 is 9.34 Å². The summed E-state index contributed by atoms with van der Waals surface area (Å²) in [6.07, 6.45) is 1.65. The third-order valence-electron chi connectivity index (χ3n) is 3.81. The lowest BCUT2D eigenvalue weighted by Crippen LogP contribution is -1.91. The lowest BCUT2D eigenvalue weighted by molar-refractivity contribution is -0.385. The Morgan fingerprint density at radius 3 is 2.60 bits per heavy atom. The molecular formula is C20H14N2O3. The van der Waals surface area contributed by atoms with Crippen molar-refractivity contribution >= 4 is 17.3 Å². The van der Waals surface area contributed by atoms with Crippen molar-refractivity contribution in [3.05, 3.63) is 87.7 Å². The third-order valence-corrected chi connectivity index (χ3v) is 3.81. The van der Waals surface area contributed by atoms with Crippen LogP contribution >= 0.6 is 0 Å². The molecule has 0 aliphatic heterocycles. The predicted octanol–water partition coefficient (Wildman–Crippen LogP) is 5.23. The molecule has 0 amide bonds. The fourth-order valence-electron chi connectivity index (χ4n) is 2.49. The maximum Gasteiger partial charge on any atom is 0.273 e. The highest BCUT2D eigenvalue weighted by Gasteiger charge is 2.14. The molecule has 0 aliphatic rings. The number of benzene rings is 2. The molecule has 0 aliphatic carbocycles. The number of nitrogens with zero attached hydrogens (tertiary/aromatic N) is 2. The molecule has 0 unspecified atom stereocenters. The molecule has 0 saturated heterocycles. The van der Waals surface area contributed by atoms with Crippen LogP contribution in [0.3, 0.4) is 0 Å². The summed E-state index contributed by atoms with van der Waals surface area (Å²) in [5.74, 6) is 1.03. The number of aryl methyl sites for hydroxylation is 1. The van der Waals surface area contributed by atoms with E-state index >= 15 is 0 Å². The molecule has 0 saturated carbocycles. The van der Waals surface area contributed by atoms with Crippen LogP contribution in [0, 0.1) is 28.4 Å². The Kier molecular flexibility index (Phi) is 4.44. The van der Waals surface area contributed by atoms with Crippen LogP contribution in [0.4, 0.5) is 5.69 Å². The molecule has 122 valence electrons. The van der Waals surface area contributed by atoms with Gasteiger partial charge in [0.1, 0.15) is 11.5 Å². The Balaban J connectivity index is 1.96. The fourth-order valence-corrected chi connectivity index (χ4v) is 2.49. The minimum atomic E-state index is -0.411. The Morgan fingerprint density at radius 2 is 1.92 bits per heavy atom. The minimum absolute atomic E-state index is 0.0491. The summed E-state index contributed by atoms with van der Waals surface area (Å²) in [7, 11) is 0. The van der Waals surface area contributed by atoms with Gasteiger partial charge in [0.15, 0.2) is 0 Å². The molecule has 0 N–H and O–H groups in total. The van der Waals surface area contributed by atoms with E-state index in [9.17, 15) is 15.4 Å². The van der Waals surface area contributed by atoms with Gasteiger partial charge in [0, 0.05) is 17.2 Å². The standard InChI is InChI=1S/C20H14N2O3/c1-14-7-8-16(12-19(14)22(23)24)20-10-9-18(25-20)11-17(13-21)15-5-3-2-4-6-15/h2-12H,1H3/b17-11-. The average molecular weight is 330 g/mol. The molecular weight excluding hydrogens is 316 g/mol. The molecule has 5 heteroatoms. The highest BCUT2D eigenvalue weighted by atomic mass is 16.6. The van der Waals surface area contributed by atoms with Gasteiger partial charge in [-0.25, -0.2) is 0 Å². The first-order chi connectivity index (χ1) is 12.1. The Labute approximate surface area is 144 Å². The Morgan fingerprint density at radius 1 is 1.16 bits per heavy atom. The van der Waals surface area contributed by atoms with Gasteiger partial charge in [-0.1, -0.05) is 42.5 Å². The number of furan rings is 1. The van der Waals surface area contributed by atoms with Crippen molar-refractivity contribution in [2.75, 3.05) is 0 Å². The van der Waals surface area contributed by atoms with Gasteiger partial charge in [-0.05, 0) is 30.7 Å². The Bertz CT molecular complexity index is 995. The smallest absolute Gasteiger partial charge is 0.273 e. The normalized spacial score (nSPS) is 11.1. The molecule has 1 heterocycles. The van der Waals surface area contributed by atoms with Gasteiger partial charge in [0.2, 0.25) is 0 Å². The van der Waals surface area contributed by atoms with Crippen LogP contribution in [0.25, 0.3) is 23.0 Å². The average Bonchev–Trinajstić information content (AvgIpc) is 3.09. The number of nitro benzene ring substituents is 1. The summed E-state index contributed by atoms with van der Waals surface area (Å²) < 4.78 is 5.75. The number of allylic oxidation sites excluding steroid dienone is 1. The van der Waals surface area contributed by atoms with Crippen LogP contribution < -0.4 is 0 Å². The van der Waals surface area contributed by atoms with Gasteiger partial charge < -0.3 is 4.42 Å². The highest BCUT2D eigenvalue weighted by Crippen LogP contribution is 2.29. The summed E-state index contributed by atoms with van der Waals surface area (Å²) in [5.41, 5.74) is 2.55. The first-order valence-corrected chi connectivity index (χ1v) is 7.61. The van der Waals surface area contributed by atoms with Crippen molar-refractivity contribution in [1.82, 2.24) is 0 Å². The summed E-state index contributed by atoms with van der Waals surface area (Å²) in [6.45, 7) is 1.69. The molecule has 25 heavy (non-hydrogen) atoms. The quantitative estimate of drug-likeness (QED) is 0.373. The fraction of sp³-hybridized carbons (Fsp3) is 0.0500. The number of rotatable bonds is 4. The summed E-state index contributed by atoms with van der Waals surface area (Å²) in [4.78, 5) is 10.7. The molecule has 0 bridgehead atoms. The summed E-state index contributed by atoms with van der Waals surface area (Å²) in [5, 5.41) is 20.4. The first-order valence-electron chi connectivity index (χ1n) is 7.61. The maximum atomic E-state index is 11.1. The molecule has 0 fully saturated rings. The van der Waals surface area contributed by atoms with E-state index in [-0.39, 0.29) is 5.69 Å². The van der Waals surface area contributed by atoms with E-state index in [1.165, 1.54) is 6.07 Å². The van der Waals surface area contributed by atoms with Gasteiger partial charge in [-0.15, -0.1) is 0 Å². The largest absolute Gasteiger partial charge is 0.457 e. The number of hydrogen-bond donors (Lipinski definition) is 0. The van der Waals surface area contributed by atoms with Gasteiger partial charge in [0.25, 0.3) is 5.69 Å². The van der Waals surface area contributed by atoms with E-state index in [1.54, 1.807) is 37.3 Å². The SMILES string of the molecule is Cc1ccc(-c2ccc(/C=C(/C#N)c3ccccc3)o2)cc1[N+](=O)[O-]. The zero-order chi connectivity index (χ0) is 17.8. The molecule has 2 aromatic carbocycles. The van der Waals surface area contributed by atoms with Crippen LogP contribution in [0.2, 0.25) is 0 Å². The minimum Gasteiger partial charge on any atom is -0.457 e. The molecule has 0 atom stereocenters. The summed E-state index contributed by atoms with van der Waals surface area (Å²) in [6, 6.07) is 19.9. The second kappa shape index (κ2) is 6.85. The maximum absolute atomic E-state index is 11.1. The van der Waals surface area contributed by atoms with Crippen LogP contribution in [-0.2, 0) is 0 Å². The van der Waals surface area contributed by atoms with E-state index in [1.807, 2.05) is 30.3 Å². The molecule has 3 rings (SSSR count). The molecule has 5 nitrogen and oxygen atoms in total. The second-order valence-corrected chi connectivity index (χ2v) is 5.50. The van der Waals surface area contributed by atoms with Gasteiger partial charge >= 0.3 is 0 Å². The zero-order valence-corrected chi connectivity index (χ0v) is 13.5. The molecule has 1 aromatic heterocycles. The monoisotopic (exact) mass is 330 g/mol. The van der Waals surface area contributed by atoms with Crippen molar-refractivity contribution in [3.8, 4) is 17.4 Å². The molecule has 0 spiro atoms. The lowest BCUT2D eigenvalue weighted by Gasteiger charge is -2.00. The number of nitro groups is 1. The van der Waals surface area contributed by atoms with Crippen molar-refractivity contribution in [3.63, 3.8) is 0 Å². The van der Waals surface area contributed by atoms with Crippen LogP contribution in [-0.4, -0.2) is 4.92 Å². The second-order valence-electron chi connectivity index (χ2n) is 5.50. The van der Waals surface area contributed by atoms with Crippen LogP contribution in [0.15, 0.2) is 65.1 Å². The third kappa shape index (κ3) is 3.48. The van der Waals surface area contributed by atoms with E-state index in [2.05, 4.69) is 6.07 Å². The van der Waals surface area contributed by atoms with Crippen LogP contribution in [0.1, 0.15) is 16.9 Å². The van der Waals surface area contributed by atoms with Crippen molar-refractivity contribution in [2.24, 2.45) is 0 Å². The van der Waals surface area contributed by atoms with Gasteiger partial charge in [-0.2, -0.15) is 5.26 Å². The summed E-state index contributed by atoms with van der Waals surface area (Å²) >= 11 is 0. The van der Waals surface area contributed by atoms with E-state index in [0.717, 1.165) is 5.56 Å². The topological polar surface area (TPSA) is 80.1 Å². The number of nitriles is 1. The van der Waals surface area contributed by atoms with Crippen molar-refractivity contribution in [1.29, 1.82) is 5.26 Å². The lowest BCUT2D eigenvalue weighted by atomic mass is 10.1. The highest BCUT2D eigenvalue weighted by molar-refractivity contribution is 5.88. The van der Waals surface area contributed by atoms with Gasteiger partial charge in [0.05, 0.1) is 16.6 Å². The van der Waals surface area contributed by atoms with E-state index in [4.69, 9.17) is 4.42 Å². The molecule has 0 radical (unpaired) electrons.